The van der Waals surface area contributed by atoms with E-state index in [0.717, 1.165) is 10.8 Å². The number of aliphatic hydroxyl groups excluding tert-OH is 1. The molecule has 0 aliphatic heterocycles. The maximum Gasteiger partial charge on any atom is 0.305 e. The predicted octanol–water partition coefficient (Wildman–Crippen LogP) is -2.71. The molecule has 18 nitrogen and oxygen atoms in total. The lowest BCUT2D eigenvalue weighted by Crippen LogP contribution is -2.59. The van der Waals surface area contributed by atoms with Crippen molar-refractivity contribution < 1.29 is 48.6 Å². The first-order valence-electron chi connectivity index (χ1n) is 16.6. The minimum Gasteiger partial charge on any atom is -0.481 e. The Bertz CT molecular complexity index is 1610. The Labute approximate surface area is 300 Å². The number of hydrogen-bond donors (Lipinski definition) is 10. The molecule has 0 aliphatic carbocycles. The zero-order valence-corrected chi connectivity index (χ0v) is 29.3. The molecule has 5 unspecified atom stereocenters. The summed E-state index contributed by atoms with van der Waals surface area (Å²) in [7, 11) is 0. The molecule has 0 aliphatic rings. The maximum atomic E-state index is 13.7. The number of primary amides is 1. The number of benzene rings is 2. The van der Waals surface area contributed by atoms with Gasteiger partial charge in [0, 0.05) is 19.6 Å². The molecule has 18 heteroatoms. The van der Waals surface area contributed by atoms with Crippen molar-refractivity contribution in [3.63, 3.8) is 0 Å². The van der Waals surface area contributed by atoms with Crippen LogP contribution in [0.4, 0.5) is 0 Å². The number of aliphatic carboxylic acids is 1. The van der Waals surface area contributed by atoms with Crippen LogP contribution in [0.3, 0.4) is 0 Å². The van der Waals surface area contributed by atoms with Crippen LogP contribution in [0.2, 0.25) is 0 Å². The quantitative estimate of drug-likeness (QED) is 0.0590. The molecule has 2 rings (SSSR count). The number of carboxylic acids is 1. The van der Waals surface area contributed by atoms with Crippen molar-refractivity contribution in [3.05, 3.63) is 48.0 Å². The minimum atomic E-state index is -1.62. The summed E-state index contributed by atoms with van der Waals surface area (Å²) in [4.78, 5) is 101. The monoisotopic (exact) mass is 728 g/mol. The number of amides is 7. The molecular weight excluding hydrogens is 680 g/mol. The average molecular weight is 729 g/mol. The summed E-state index contributed by atoms with van der Waals surface area (Å²) in [5, 5.41) is 34.2. The Kier molecular flexibility index (Phi) is 17.1. The van der Waals surface area contributed by atoms with Gasteiger partial charge in [0.15, 0.2) is 0 Å². The fourth-order valence-corrected chi connectivity index (χ4v) is 4.98. The van der Waals surface area contributed by atoms with E-state index >= 15 is 0 Å². The van der Waals surface area contributed by atoms with Gasteiger partial charge >= 0.3 is 5.97 Å². The number of rotatable bonds is 21. The standard InChI is InChI=1S/C34H48N8O10/c1-18(2)29(34(52)38-17-27(45)37-12-7-13-43)42-30(48)19(3)39-32(50)25(16-26(36)44)41-33(51)24(40-31(49)23(35)15-28(46)47)14-21-10-6-9-20-8-4-5-11-22(20)21/h4-6,8-11,18-19,23-25,29,43H,7,12-17,35H2,1-3H3,(H2,36,44)(H,37,45)(H,38,52)(H,39,50)(H,40,49)(H,41,51)(H,42,48)(H,46,47). The Balaban J connectivity index is 2.21. The second-order valence-electron chi connectivity index (χ2n) is 12.4. The SMILES string of the molecule is CC(NC(=O)C(CC(N)=O)NC(=O)C(Cc1cccc2ccccc12)NC(=O)C(N)CC(=O)O)C(=O)NC(C(=O)NCC(=O)NCCCO)C(C)C. The summed E-state index contributed by atoms with van der Waals surface area (Å²) in [6, 6.07) is 5.63. The van der Waals surface area contributed by atoms with E-state index in [1.54, 1.807) is 38.1 Å². The molecule has 2 aromatic rings. The summed E-state index contributed by atoms with van der Waals surface area (Å²) in [5.74, 6) is -7.59. The lowest BCUT2D eigenvalue weighted by molar-refractivity contribution is -0.140. The van der Waals surface area contributed by atoms with Gasteiger partial charge in [0.2, 0.25) is 41.4 Å². The Morgan fingerprint density at radius 3 is 2.00 bits per heavy atom. The van der Waals surface area contributed by atoms with Gasteiger partial charge in [0.25, 0.3) is 0 Å². The van der Waals surface area contributed by atoms with Gasteiger partial charge in [-0.2, -0.15) is 0 Å². The third-order valence-corrected chi connectivity index (χ3v) is 7.79. The lowest BCUT2D eigenvalue weighted by Gasteiger charge is -2.26. The number of carboxylic acid groups (broad SMARTS) is 1. The van der Waals surface area contributed by atoms with Crippen molar-refractivity contribution in [2.75, 3.05) is 19.7 Å². The van der Waals surface area contributed by atoms with Crippen LogP contribution in [-0.2, 0) is 44.8 Å². The molecule has 2 aromatic carbocycles. The van der Waals surface area contributed by atoms with Crippen LogP contribution in [0.15, 0.2) is 42.5 Å². The van der Waals surface area contributed by atoms with E-state index in [2.05, 4.69) is 31.9 Å². The average Bonchev–Trinajstić information content (AvgIpc) is 3.08. The van der Waals surface area contributed by atoms with Crippen molar-refractivity contribution in [1.29, 1.82) is 0 Å². The second-order valence-corrected chi connectivity index (χ2v) is 12.4. The van der Waals surface area contributed by atoms with Gasteiger partial charge < -0.3 is 53.6 Å². The second kappa shape index (κ2) is 20.9. The smallest absolute Gasteiger partial charge is 0.305 e. The van der Waals surface area contributed by atoms with Gasteiger partial charge in [-0.25, -0.2) is 0 Å². The lowest BCUT2D eigenvalue weighted by atomic mass is 9.97. The van der Waals surface area contributed by atoms with E-state index in [1.807, 2.05) is 18.2 Å². The molecule has 0 aromatic heterocycles. The molecular formula is C34H48N8O10. The topological polar surface area (TPSA) is 301 Å². The van der Waals surface area contributed by atoms with E-state index in [-0.39, 0.29) is 26.1 Å². The largest absolute Gasteiger partial charge is 0.481 e. The van der Waals surface area contributed by atoms with E-state index in [4.69, 9.17) is 21.7 Å². The highest BCUT2D eigenvalue weighted by molar-refractivity contribution is 5.98. The summed E-state index contributed by atoms with van der Waals surface area (Å²) < 4.78 is 0. The number of nitrogens with one attached hydrogen (secondary N) is 6. The highest BCUT2D eigenvalue weighted by Gasteiger charge is 2.32. The van der Waals surface area contributed by atoms with E-state index in [9.17, 15) is 38.4 Å². The summed E-state index contributed by atoms with van der Waals surface area (Å²) in [5.41, 5.74) is 11.7. The van der Waals surface area contributed by atoms with E-state index < -0.39 is 96.3 Å². The third-order valence-electron chi connectivity index (χ3n) is 7.79. The minimum absolute atomic E-state index is 0.117. The third kappa shape index (κ3) is 13.9. The van der Waals surface area contributed by atoms with Crippen LogP contribution in [0.5, 0.6) is 0 Å². The van der Waals surface area contributed by atoms with Crippen LogP contribution >= 0.6 is 0 Å². The van der Waals surface area contributed by atoms with Gasteiger partial charge in [0.1, 0.15) is 24.2 Å². The molecule has 0 saturated carbocycles. The number of hydrogen-bond acceptors (Lipinski definition) is 10. The zero-order valence-electron chi connectivity index (χ0n) is 29.3. The highest BCUT2D eigenvalue weighted by Crippen LogP contribution is 2.20. The van der Waals surface area contributed by atoms with Crippen molar-refractivity contribution >= 4 is 58.1 Å². The molecule has 284 valence electrons. The first-order valence-corrected chi connectivity index (χ1v) is 16.6. The molecule has 52 heavy (non-hydrogen) atoms. The van der Waals surface area contributed by atoms with Crippen LogP contribution in [0.25, 0.3) is 10.8 Å². The van der Waals surface area contributed by atoms with Crippen molar-refractivity contribution in [3.8, 4) is 0 Å². The van der Waals surface area contributed by atoms with Gasteiger partial charge in [-0.1, -0.05) is 56.3 Å². The first-order chi connectivity index (χ1) is 24.5. The normalized spacial score (nSPS) is 13.8. The molecule has 7 amide bonds. The van der Waals surface area contributed by atoms with Crippen molar-refractivity contribution in [2.45, 2.75) is 76.7 Å². The zero-order chi connectivity index (χ0) is 39.0. The summed E-state index contributed by atoms with van der Waals surface area (Å²) in [6.07, 6.45) is -1.20. The van der Waals surface area contributed by atoms with Gasteiger partial charge in [-0.05, 0) is 35.6 Å². The van der Waals surface area contributed by atoms with Crippen molar-refractivity contribution in [1.82, 2.24) is 31.9 Å². The molecule has 5 atom stereocenters. The van der Waals surface area contributed by atoms with Crippen LogP contribution in [0.1, 0.15) is 45.6 Å². The van der Waals surface area contributed by atoms with E-state index in [1.165, 1.54) is 6.92 Å². The number of aliphatic hydroxyl groups is 1. The Morgan fingerprint density at radius 2 is 1.37 bits per heavy atom. The summed E-state index contributed by atoms with van der Waals surface area (Å²) in [6.45, 7) is 4.31. The predicted molar refractivity (Wildman–Crippen MR) is 188 cm³/mol. The maximum absolute atomic E-state index is 13.7. The fraction of sp³-hybridized carbons (Fsp3) is 0.471. The summed E-state index contributed by atoms with van der Waals surface area (Å²) >= 11 is 0. The molecule has 0 radical (unpaired) electrons. The number of carbonyl (C=O) groups is 8. The van der Waals surface area contributed by atoms with Gasteiger partial charge in [-0.15, -0.1) is 0 Å². The van der Waals surface area contributed by atoms with Crippen LogP contribution in [-0.4, -0.2) is 107 Å². The van der Waals surface area contributed by atoms with Crippen LogP contribution < -0.4 is 43.4 Å². The highest BCUT2D eigenvalue weighted by atomic mass is 16.4. The first kappa shape index (κ1) is 42.5. The number of nitrogens with two attached hydrogens (primary N) is 2. The molecule has 0 saturated heterocycles. The van der Waals surface area contributed by atoms with Gasteiger partial charge in [-0.3, -0.25) is 38.4 Å². The van der Waals surface area contributed by atoms with E-state index in [0.29, 0.717) is 12.0 Å². The van der Waals surface area contributed by atoms with Crippen LogP contribution in [0, 0.1) is 5.92 Å². The number of fused-ring (bicyclic) bond motifs is 1. The van der Waals surface area contributed by atoms with Gasteiger partial charge in [0.05, 0.1) is 25.4 Å². The molecule has 0 spiro atoms. The molecule has 0 heterocycles. The molecule has 12 N–H and O–H groups in total. The fourth-order valence-electron chi connectivity index (χ4n) is 4.98. The molecule has 0 fully saturated rings. The Morgan fingerprint density at radius 1 is 0.731 bits per heavy atom. The molecule has 0 bridgehead atoms. The number of carbonyl (C=O) groups excluding carboxylic acids is 7. The van der Waals surface area contributed by atoms with Crippen molar-refractivity contribution in [2.24, 2.45) is 17.4 Å². The Hall–Kier alpha value is -5.62.